The predicted octanol–water partition coefficient (Wildman–Crippen LogP) is 9.12. The molecule has 0 radical (unpaired) electrons. The fraction of sp³-hybridized carbons (Fsp3) is 0.625. The summed E-state index contributed by atoms with van der Waals surface area (Å²) in [4.78, 5) is 17.0. The normalized spacial score (nSPS) is 12.5. The molecule has 0 fully saturated rings. The van der Waals surface area contributed by atoms with E-state index in [-0.39, 0.29) is 30.0 Å². The number of methoxy groups -OCH3 is 1. The minimum atomic E-state index is -0.683. The van der Waals surface area contributed by atoms with E-state index in [0.29, 0.717) is 50.5 Å². The quantitative estimate of drug-likeness (QED) is 0.0194. The first-order chi connectivity index (χ1) is 26.3. The fourth-order valence-corrected chi connectivity index (χ4v) is 5.76. The van der Waals surface area contributed by atoms with Crippen LogP contribution in [0.5, 0.6) is 0 Å². The van der Waals surface area contributed by atoms with Gasteiger partial charge in [-0.3, -0.25) is 10.1 Å². The topological polar surface area (TPSA) is 199 Å². The van der Waals surface area contributed by atoms with Crippen molar-refractivity contribution in [1.82, 2.24) is 0 Å². The number of hydrogen-bond acceptors (Lipinski definition) is 13. The van der Waals surface area contributed by atoms with Gasteiger partial charge < -0.3 is 29.3 Å². The number of azo groups is 1. The van der Waals surface area contributed by atoms with Crippen LogP contribution < -0.4 is 4.90 Å². The fourth-order valence-electron chi connectivity index (χ4n) is 5.76. The number of nitro benzene ring substituents is 1. The average molecular weight is 750 g/mol. The molecule has 0 heterocycles. The Labute approximate surface area is 320 Å². The number of benzene rings is 2. The first-order valence-electron chi connectivity index (χ1n) is 19.3. The van der Waals surface area contributed by atoms with Gasteiger partial charge >= 0.3 is 0 Å². The Hall–Kier alpha value is -4.47. The summed E-state index contributed by atoms with van der Waals surface area (Å²) >= 11 is 0. The molecule has 14 heteroatoms. The molecule has 0 bridgehead atoms. The van der Waals surface area contributed by atoms with Crippen LogP contribution in [0.1, 0.15) is 115 Å². The summed E-state index contributed by atoms with van der Waals surface area (Å²) in [5, 5.41) is 59.9. The van der Waals surface area contributed by atoms with Crippen molar-refractivity contribution >= 4 is 34.8 Å². The molecule has 14 nitrogen and oxygen atoms in total. The van der Waals surface area contributed by atoms with Crippen molar-refractivity contribution < 1.29 is 29.3 Å². The Balaban J connectivity index is 2.18. The third-order valence-electron chi connectivity index (χ3n) is 8.84. The molecule has 0 amide bonds. The molecular weight excluding hydrogens is 690 g/mol. The van der Waals surface area contributed by atoms with Gasteiger partial charge in [0.1, 0.15) is 23.5 Å². The molecule has 0 aliphatic heterocycles. The van der Waals surface area contributed by atoms with Crippen LogP contribution in [0.4, 0.5) is 28.4 Å². The minimum Gasteiger partial charge on any atom is -0.486 e. The SMILES string of the molecule is CCCCCCCCC(O)COCCN(CCOCC(O)CCCCCCCC)c1ccc(N=Nc2c(C#N)cc([N+](=O)[O-])cc2C#N)c(N=COC)c1. The zero-order chi connectivity index (χ0) is 39.4. The molecule has 2 aromatic carbocycles. The van der Waals surface area contributed by atoms with Crippen LogP contribution in [-0.4, -0.2) is 80.4 Å². The molecule has 0 aromatic heterocycles. The van der Waals surface area contributed by atoms with E-state index in [9.17, 15) is 30.9 Å². The second-order valence-corrected chi connectivity index (χ2v) is 13.3. The number of hydrogen-bond donors (Lipinski definition) is 2. The molecule has 2 unspecified atom stereocenters. The number of rotatable bonds is 30. The zero-order valence-corrected chi connectivity index (χ0v) is 32.3. The van der Waals surface area contributed by atoms with Gasteiger partial charge in [-0.1, -0.05) is 90.9 Å². The van der Waals surface area contributed by atoms with Gasteiger partial charge in [0.2, 0.25) is 0 Å². The molecule has 296 valence electrons. The van der Waals surface area contributed by atoms with Gasteiger partial charge in [-0.05, 0) is 31.0 Å². The van der Waals surface area contributed by atoms with E-state index < -0.39 is 22.8 Å². The van der Waals surface area contributed by atoms with E-state index in [1.165, 1.54) is 64.9 Å². The lowest BCUT2D eigenvalue weighted by Gasteiger charge is -2.26. The molecule has 2 N–H and O–H groups in total. The van der Waals surface area contributed by atoms with Crippen molar-refractivity contribution in [3.8, 4) is 12.1 Å². The van der Waals surface area contributed by atoms with Gasteiger partial charge in [-0.2, -0.15) is 10.5 Å². The number of ether oxygens (including phenoxy) is 3. The Bertz CT molecular complexity index is 1460. The second kappa shape index (κ2) is 28.0. The lowest BCUT2D eigenvalue weighted by atomic mass is 10.1. The summed E-state index contributed by atoms with van der Waals surface area (Å²) in [7, 11) is 1.45. The van der Waals surface area contributed by atoms with Crippen LogP contribution in [0.2, 0.25) is 0 Å². The maximum absolute atomic E-state index is 11.3. The monoisotopic (exact) mass is 749 g/mol. The smallest absolute Gasteiger partial charge is 0.272 e. The van der Waals surface area contributed by atoms with E-state index in [1.54, 1.807) is 12.1 Å². The maximum Gasteiger partial charge on any atom is 0.272 e. The molecule has 2 rings (SSSR count). The highest BCUT2D eigenvalue weighted by Gasteiger charge is 2.18. The Kier molecular flexibility index (Phi) is 23.7. The number of anilines is 1. The average Bonchev–Trinajstić information content (AvgIpc) is 3.17. The number of nitro groups is 1. The Morgan fingerprint density at radius 2 is 1.31 bits per heavy atom. The highest BCUT2D eigenvalue weighted by atomic mass is 16.6. The molecule has 0 aliphatic carbocycles. The van der Waals surface area contributed by atoms with Gasteiger partial charge in [0.25, 0.3) is 5.69 Å². The summed E-state index contributed by atoms with van der Waals surface area (Å²) in [6.45, 7) is 6.51. The highest BCUT2D eigenvalue weighted by Crippen LogP contribution is 2.36. The number of nitriles is 2. The van der Waals surface area contributed by atoms with Crippen molar-refractivity contribution in [2.24, 2.45) is 15.2 Å². The number of unbranched alkanes of at least 4 members (excludes halogenated alkanes) is 10. The van der Waals surface area contributed by atoms with E-state index in [0.717, 1.165) is 43.5 Å². The first-order valence-corrected chi connectivity index (χ1v) is 19.3. The van der Waals surface area contributed by atoms with Crippen LogP contribution in [0.25, 0.3) is 0 Å². The van der Waals surface area contributed by atoms with Crippen LogP contribution in [0, 0.1) is 32.8 Å². The number of nitrogens with zero attached hydrogens (tertiary/aromatic N) is 7. The van der Waals surface area contributed by atoms with Gasteiger partial charge in [-0.25, -0.2) is 4.99 Å². The molecule has 0 aliphatic rings. The lowest BCUT2D eigenvalue weighted by molar-refractivity contribution is -0.384. The molecule has 2 atom stereocenters. The highest BCUT2D eigenvalue weighted by molar-refractivity contribution is 5.73. The lowest BCUT2D eigenvalue weighted by Crippen LogP contribution is -2.32. The van der Waals surface area contributed by atoms with Crippen LogP contribution >= 0.6 is 0 Å². The van der Waals surface area contributed by atoms with E-state index >= 15 is 0 Å². The molecule has 0 saturated heterocycles. The standard InChI is InChI=1S/C40H59N7O7/c1-4-6-8-10-12-14-16-36(48)29-53-22-20-46(21-23-54-30-37(49)17-15-13-11-9-7-5-2)34-18-19-38(39(26-34)43-31-52-3)44-45-40-32(27-41)24-35(47(50)51)25-33(40)28-42/h18-19,24-26,31,36-37,48-49H,4-17,20-23,29-30H2,1-3H3. The summed E-state index contributed by atoms with van der Waals surface area (Å²) < 4.78 is 16.8. The maximum atomic E-state index is 11.3. The van der Waals surface area contributed by atoms with Gasteiger partial charge in [-0.15, -0.1) is 10.2 Å². The van der Waals surface area contributed by atoms with Crippen LogP contribution in [0.3, 0.4) is 0 Å². The van der Waals surface area contributed by atoms with Gasteiger partial charge in [0.05, 0.1) is 67.5 Å². The minimum absolute atomic E-state index is 0.0929. The number of aliphatic hydroxyl groups is 2. The largest absolute Gasteiger partial charge is 0.486 e. The van der Waals surface area contributed by atoms with Crippen LogP contribution in [-0.2, 0) is 14.2 Å². The van der Waals surface area contributed by atoms with Gasteiger partial charge in [0.15, 0.2) is 6.40 Å². The van der Waals surface area contributed by atoms with Crippen LogP contribution in [0.15, 0.2) is 45.6 Å². The Morgan fingerprint density at radius 1 is 0.796 bits per heavy atom. The molecule has 2 aromatic rings. The molecule has 54 heavy (non-hydrogen) atoms. The summed E-state index contributed by atoms with van der Waals surface area (Å²) in [5.41, 5.74) is 0.602. The third kappa shape index (κ3) is 18.0. The summed E-state index contributed by atoms with van der Waals surface area (Å²) in [5.74, 6) is 0. The predicted molar refractivity (Wildman–Crippen MR) is 210 cm³/mol. The first kappa shape index (κ1) is 45.7. The van der Waals surface area contributed by atoms with Crippen molar-refractivity contribution in [3.05, 3.63) is 51.6 Å². The number of non-ortho nitro benzene ring substituents is 1. The third-order valence-corrected chi connectivity index (χ3v) is 8.84. The molecule has 0 spiro atoms. The number of aliphatic imine (C=N–C) groups is 1. The molecular formula is C40H59N7O7. The van der Waals surface area contributed by atoms with Gasteiger partial charge in [0, 0.05) is 30.9 Å². The van der Waals surface area contributed by atoms with Crippen molar-refractivity contribution in [2.75, 3.05) is 51.5 Å². The number of aliphatic hydroxyl groups excluding tert-OH is 2. The van der Waals surface area contributed by atoms with Crippen molar-refractivity contribution in [2.45, 2.75) is 116 Å². The second-order valence-electron chi connectivity index (χ2n) is 13.3. The summed E-state index contributed by atoms with van der Waals surface area (Å²) in [6.07, 6.45) is 15.5. The summed E-state index contributed by atoms with van der Waals surface area (Å²) in [6, 6.07) is 11.1. The Morgan fingerprint density at radius 3 is 1.80 bits per heavy atom. The van der Waals surface area contributed by atoms with Crippen molar-refractivity contribution in [3.63, 3.8) is 0 Å². The zero-order valence-electron chi connectivity index (χ0n) is 32.3. The molecule has 0 saturated carbocycles. The van der Waals surface area contributed by atoms with E-state index in [4.69, 9.17) is 14.2 Å². The van der Waals surface area contributed by atoms with E-state index in [1.807, 2.05) is 23.1 Å². The van der Waals surface area contributed by atoms with E-state index in [2.05, 4.69) is 29.1 Å². The van der Waals surface area contributed by atoms with Crippen molar-refractivity contribution in [1.29, 1.82) is 10.5 Å².